The average molecular weight is 252 g/mol. The zero-order valence-corrected chi connectivity index (χ0v) is 11.5. The van der Waals surface area contributed by atoms with Crippen molar-refractivity contribution in [2.45, 2.75) is 13.3 Å². The second-order valence-electron chi connectivity index (χ2n) is 4.35. The Bertz CT molecular complexity index is 391. The molecule has 0 aliphatic rings. The van der Waals surface area contributed by atoms with Crippen LogP contribution in [0.4, 0.5) is 0 Å². The fraction of sp³-hybridized carbons (Fsp3) is 0.462. The average Bonchev–Trinajstić information content (AvgIpc) is 2.23. The molecule has 94 valence electrons. The summed E-state index contributed by atoms with van der Waals surface area (Å²) in [5.74, 6) is 0.876. The molecule has 0 amide bonds. The van der Waals surface area contributed by atoms with Crippen LogP contribution in [-0.2, 0) is 0 Å². The monoisotopic (exact) mass is 252 g/mol. The summed E-state index contributed by atoms with van der Waals surface area (Å²) in [6, 6.07) is 5.81. The van der Waals surface area contributed by atoms with Crippen LogP contribution in [0.1, 0.15) is 17.5 Å². The molecular weight excluding hydrogens is 232 g/mol. The van der Waals surface area contributed by atoms with Crippen LogP contribution in [0.2, 0.25) is 0 Å². The topological polar surface area (TPSA) is 38.5 Å². The molecule has 2 N–H and O–H groups in total. The van der Waals surface area contributed by atoms with Crippen LogP contribution in [0.3, 0.4) is 0 Å². The number of aryl methyl sites for hydroxylation is 1. The van der Waals surface area contributed by atoms with Crippen LogP contribution in [-0.4, -0.2) is 37.1 Å². The van der Waals surface area contributed by atoms with Crippen LogP contribution in [0, 0.1) is 6.92 Å². The maximum Gasteiger partial charge on any atom is 0.119 e. The van der Waals surface area contributed by atoms with Crippen molar-refractivity contribution in [3.05, 3.63) is 29.3 Å². The molecule has 0 bridgehead atoms. The predicted octanol–water partition coefficient (Wildman–Crippen LogP) is 1.96. The van der Waals surface area contributed by atoms with E-state index in [-0.39, 0.29) is 0 Å². The van der Waals surface area contributed by atoms with Gasteiger partial charge in [0, 0.05) is 12.1 Å². The summed E-state index contributed by atoms with van der Waals surface area (Å²) in [7, 11) is 4.11. The lowest BCUT2D eigenvalue weighted by Crippen LogP contribution is -2.15. The third-order valence-electron chi connectivity index (χ3n) is 2.48. The number of ether oxygens (including phenoxy) is 1. The Hall–Kier alpha value is -1.13. The van der Waals surface area contributed by atoms with E-state index in [9.17, 15) is 0 Å². The van der Waals surface area contributed by atoms with Crippen molar-refractivity contribution in [2.24, 2.45) is 5.73 Å². The highest BCUT2D eigenvalue weighted by molar-refractivity contribution is 7.80. The van der Waals surface area contributed by atoms with Gasteiger partial charge in [0.2, 0.25) is 0 Å². The van der Waals surface area contributed by atoms with Crippen LogP contribution < -0.4 is 10.5 Å². The van der Waals surface area contributed by atoms with Crippen molar-refractivity contribution in [3.8, 4) is 5.75 Å². The Labute approximate surface area is 109 Å². The summed E-state index contributed by atoms with van der Waals surface area (Å²) in [5, 5.41) is 0. The molecule has 0 heterocycles. The Kier molecular flexibility index (Phi) is 5.38. The van der Waals surface area contributed by atoms with Gasteiger partial charge in [-0.15, -0.1) is 0 Å². The molecule has 0 fully saturated rings. The van der Waals surface area contributed by atoms with E-state index >= 15 is 0 Å². The largest absolute Gasteiger partial charge is 0.494 e. The first kappa shape index (κ1) is 13.9. The number of hydrogen-bond acceptors (Lipinski definition) is 3. The van der Waals surface area contributed by atoms with Crippen LogP contribution in [0.15, 0.2) is 18.2 Å². The molecule has 3 nitrogen and oxygen atoms in total. The molecule has 0 spiro atoms. The molecule has 0 aliphatic heterocycles. The molecule has 0 radical (unpaired) electrons. The van der Waals surface area contributed by atoms with E-state index in [1.807, 2.05) is 25.1 Å². The van der Waals surface area contributed by atoms with Crippen molar-refractivity contribution in [3.63, 3.8) is 0 Å². The van der Waals surface area contributed by atoms with E-state index in [0.29, 0.717) is 4.99 Å². The van der Waals surface area contributed by atoms with Crippen molar-refractivity contribution < 1.29 is 4.74 Å². The SMILES string of the molecule is Cc1cc(OCCCN(C)C)ccc1C(N)=S. The van der Waals surface area contributed by atoms with Gasteiger partial charge in [-0.25, -0.2) is 0 Å². The third-order valence-corrected chi connectivity index (χ3v) is 2.70. The first-order valence-electron chi connectivity index (χ1n) is 5.68. The lowest BCUT2D eigenvalue weighted by Gasteiger charge is -2.11. The van der Waals surface area contributed by atoms with Crippen molar-refractivity contribution in [2.75, 3.05) is 27.2 Å². The summed E-state index contributed by atoms with van der Waals surface area (Å²) in [5.41, 5.74) is 7.58. The maximum atomic E-state index is 5.66. The van der Waals surface area contributed by atoms with E-state index in [0.717, 1.165) is 36.4 Å². The number of nitrogens with two attached hydrogens (primary N) is 1. The minimum Gasteiger partial charge on any atom is -0.494 e. The minimum atomic E-state index is 0.432. The second-order valence-corrected chi connectivity index (χ2v) is 4.79. The third kappa shape index (κ3) is 4.71. The standard InChI is InChI=1S/C13H20N2OS/c1-10-9-11(5-6-12(10)13(14)17)16-8-4-7-15(2)3/h5-6,9H,4,7-8H2,1-3H3,(H2,14,17). The van der Waals surface area contributed by atoms with Gasteiger partial charge < -0.3 is 15.4 Å². The van der Waals surface area contributed by atoms with E-state index in [2.05, 4.69) is 19.0 Å². The van der Waals surface area contributed by atoms with Gasteiger partial charge in [-0.05, 0) is 51.2 Å². The quantitative estimate of drug-likeness (QED) is 0.620. The second kappa shape index (κ2) is 6.57. The van der Waals surface area contributed by atoms with Crippen molar-refractivity contribution in [1.82, 2.24) is 4.90 Å². The number of benzene rings is 1. The molecular formula is C13H20N2OS. The highest BCUT2D eigenvalue weighted by atomic mass is 32.1. The molecule has 0 atom stereocenters. The molecule has 0 aliphatic carbocycles. The fourth-order valence-corrected chi connectivity index (χ4v) is 1.80. The van der Waals surface area contributed by atoms with Crippen molar-refractivity contribution in [1.29, 1.82) is 0 Å². The normalized spacial score (nSPS) is 10.6. The number of hydrogen-bond donors (Lipinski definition) is 1. The summed E-state index contributed by atoms with van der Waals surface area (Å²) in [6.07, 6.45) is 1.02. The molecule has 17 heavy (non-hydrogen) atoms. The smallest absolute Gasteiger partial charge is 0.119 e. The van der Waals surface area contributed by atoms with Gasteiger partial charge in [0.1, 0.15) is 10.7 Å². The Balaban J connectivity index is 2.50. The van der Waals surface area contributed by atoms with Crippen LogP contribution in [0.25, 0.3) is 0 Å². The highest BCUT2D eigenvalue weighted by Crippen LogP contribution is 2.17. The van der Waals surface area contributed by atoms with Gasteiger partial charge in [-0.3, -0.25) is 0 Å². The molecule has 1 aromatic carbocycles. The minimum absolute atomic E-state index is 0.432. The Morgan fingerprint density at radius 1 is 1.41 bits per heavy atom. The van der Waals surface area contributed by atoms with Crippen molar-refractivity contribution >= 4 is 17.2 Å². The summed E-state index contributed by atoms with van der Waals surface area (Å²) in [4.78, 5) is 2.58. The van der Waals surface area contributed by atoms with Gasteiger partial charge in [0.15, 0.2) is 0 Å². The molecule has 0 saturated carbocycles. The Morgan fingerprint density at radius 3 is 2.65 bits per heavy atom. The first-order valence-corrected chi connectivity index (χ1v) is 6.09. The zero-order chi connectivity index (χ0) is 12.8. The van der Waals surface area contributed by atoms with Gasteiger partial charge in [-0.1, -0.05) is 12.2 Å². The molecule has 1 rings (SSSR count). The lowest BCUT2D eigenvalue weighted by atomic mass is 10.1. The van der Waals surface area contributed by atoms with Gasteiger partial charge in [-0.2, -0.15) is 0 Å². The maximum absolute atomic E-state index is 5.66. The summed E-state index contributed by atoms with van der Waals surface area (Å²) in [6.45, 7) is 3.75. The first-order chi connectivity index (χ1) is 8.00. The summed E-state index contributed by atoms with van der Waals surface area (Å²) < 4.78 is 5.66. The predicted molar refractivity (Wildman–Crippen MR) is 75.7 cm³/mol. The van der Waals surface area contributed by atoms with E-state index in [4.69, 9.17) is 22.7 Å². The van der Waals surface area contributed by atoms with Crippen LogP contribution >= 0.6 is 12.2 Å². The molecule has 0 saturated heterocycles. The number of nitrogens with zero attached hydrogens (tertiary/aromatic N) is 1. The lowest BCUT2D eigenvalue weighted by molar-refractivity contribution is 0.281. The molecule has 0 unspecified atom stereocenters. The highest BCUT2D eigenvalue weighted by Gasteiger charge is 2.03. The summed E-state index contributed by atoms with van der Waals surface area (Å²) >= 11 is 4.96. The van der Waals surface area contributed by atoms with E-state index < -0.39 is 0 Å². The fourth-order valence-electron chi connectivity index (χ4n) is 1.57. The van der Waals surface area contributed by atoms with Gasteiger partial charge in [0.05, 0.1) is 6.61 Å². The molecule has 4 heteroatoms. The van der Waals surface area contributed by atoms with Gasteiger partial charge in [0.25, 0.3) is 0 Å². The molecule has 0 aromatic heterocycles. The van der Waals surface area contributed by atoms with E-state index in [1.165, 1.54) is 0 Å². The van der Waals surface area contributed by atoms with E-state index in [1.54, 1.807) is 0 Å². The van der Waals surface area contributed by atoms with Crippen LogP contribution in [0.5, 0.6) is 5.75 Å². The number of thiocarbonyl (C=S) groups is 1. The Morgan fingerprint density at radius 2 is 2.12 bits per heavy atom. The zero-order valence-electron chi connectivity index (χ0n) is 10.7. The molecule has 1 aromatic rings. The van der Waals surface area contributed by atoms with Gasteiger partial charge >= 0.3 is 0 Å². The number of rotatable bonds is 6.